The molecule has 1 aromatic rings. The smallest absolute Gasteiger partial charge is 0.243 e. The third-order valence-corrected chi connectivity index (χ3v) is 5.34. The molecule has 1 unspecified atom stereocenters. The molecule has 2 rings (SSSR count). The highest BCUT2D eigenvalue weighted by atomic mass is 35.5. The minimum Gasteiger partial charge on any atom is -0.312 e. The van der Waals surface area contributed by atoms with Crippen molar-refractivity contribution in [3.63, 3.8) is 0 Å². The molecular formula is C12H18Cl2N2O2S. The van der Waals surface area contributed by atoms with Crippen molar-refractivity contribution in [2.24, 2.45) is 0 Å². The molecule has 0 aromatic heterocycles. The Morgan fingerprint density at radius 2 is 2.11 bits per heavy atom. The summed E-state index contributed by atoms with van der Waals surface area (Å²) in [7, 11) is -3.44. The predicted octanol–water partition coefficient (Wildman–Crippen LogP) is 2.05. The lowest BCUT2D eigenvalue weighted by Crippen LogP contribution is -2.51. The molecule has 1 aliphatic heterocycles. The van der Waals surface area contributed by atoms with Gasteiger partial charge in [-0.1, -0.05) is 17.7 Å². The molecule has 1 fully saturated rings. The SMILES string of the molecule is Cc1ccc(Cl)cc1S(=O)(=O)N1CCNC(C)C1.Cl. The number of aryl methyl sites for hydroxylation is 1. The highest BCUT2D eigenvalue weighted by molar-refractivity contribution is 7.89. The molecule has 4 nitrogen and oxygen atoms in total. The van der Waals surface area contributed by atoms with Gasteiger partial charge in [0.15, 0.2) is 0 Å². The summed E-state index contributed by atoms with van der Waals surface area (Å²) in [6.07, 6.45) is 0. The summed E-state index contributed by atoms with van der Waals surface area (Å²) in [5.41, 5.74) is 0.727. The lowest BCUT2D eigenvalue weighted by Gasteiger charge is -2.31. The molecule has 1 N–H and O–H groups in total. The fourth-order valence-electron chi connectivity index (χ4n) is 2.11. The van der Waals surface area contributed by atoms with Crippen LogP contribution in [0.1, 0.15) is 12.5 Å². The molecule has 0 spiro atoms. The maximum atomic E-state index is 12.5. The Kier molecular flexibility index (Phi) is 5.65. The van der Waals surface area contributed by atoms with E-state index in [1.807, 2.05) is 6.92 Å². The Bertz CT molecular complexity index is 549. The van der Waals surface area contributed by atoms with E-state index in [-0.39, 0.29) is 18.4 Å². The van der Waals surface area contributed by atoms with E-state index in [1.54, 1.807) is 19.1 Å². The van der Waals surface area contributed by atoms with Crippen LogP contribution in [0.3, 0.4) is 0 Å². The first-order valence-corrected chi connectivity index (χ1v) is 7.73. The van der Waals surface area contributed by atoms with Crippen LogP contribution in [0.15, 0.2) is 23.1 Å². The largest absolute Gasteiger partial charge is 0.312 e. The number of piperazine rings is 1. The van der Waals surface area contributed by atoms with Crippen molar-refractivity contribution in [2.45, 2.75) is 24.8 Å². The number of nitrogens with zero attached hydrogens (tertiary/aromatic N) is 1. The number of hydrogen-bond donors (Lipinski definition) is 1. The predicted molar refractivity (Wildman–Crippen MR) is 79.7 cm³/mol. The third kappa shape index (κ3) is 3.61. The van der Waals surface area contributed by atoms with Crippen LogP contribution < -0.4 is 5.32 Å². The first-order valence-electron chi connectivity index (χ1n) is 5.91. The molecular weight excluding hydrogens is 307 g/mol. The highest BCUT2D eigenvalue weighted by Crippen LogP contribution is 2.24. The van der Waals surface area contributed by atoms with Crippen LogP contribution in [-0.4, -0.2) is 38.4 Å². The van der Waals surface area contributed by atoms with Crippen LogP contribution in [0.5, 0.6) is 0 Å². The van der Waals surface area contributed by atoms with Crippen LogP contribution in [-0.2, 0) is 10.0 Å². The summed E-state index contributed by atoms with van der Waals surface area (Å²) in [4.78, 5) is 0.309. The minimum absolute atomic E-state index is 0. The summed E-state index contributed by atoms with van der Waals surface area (Å²) >= 11 is 5.90. The van der Waals surface area contributed by atoms with Crippen molar-refractivity contribution in [1.82, 2.24) is 9.62 Å². The average Bonchev–Trinajstić information content (AvgIpc) is 2.32. The summed E-state index contributed by atoms with van der Waals surface area (Å²) in [6, 6.07) is 5.14. The molecule has 0 bridgehead atoms. The molecule has 0 aliphatic carbocycles. The van der Waals surface area contributed by atoms with Gasteiger partial charge in [-0.15, -0.1) is 12.4 Å². The van der Waals surface area contributed by atoms with E-state index in [0.29, 0.717) is 29.6 Å². The number of hydrogen-bond acceptors (Lipinski definition) is 3. The number of rotatable bonds is 2. The van der Waals surface area contributed by atoms with Gasteiger partial charge in [0.1, 0.15) is 0 Å². The average molecular weight is 325 g/mol. The minimum atomic E-state index is -3.44. The number of sulfonamides is 1. The molecule has 1 aromatic carbocycles. The fraction of sp³-hybridized carbons (Fsp3) is 0.500. The van der Waals surface area contributed by atoms with Gasteiger partial charge in [-0.05, 0) is 31.5 Å². The van der Waals surface area contributed by atoms with Crippen LogP contribution >= 0.6 is 24.0 Å². The standard InChI is InChI=1S/C12H17ClN2O2S.ClH/c1-9-3-4-11(13)7-12(9)18(16,17)15-6-5-14-10(2)8-15;/h3-4,7,10,14H,5-6,8H2,1-2H3;1H. The Labute approximate surface area is 125 Å². The van der Waals surface area contributed by atoms with E-state index in [9.17, 15) is 8.42 Å². The van der Waals surface area contributed by atoms with Crippen molar-refractivity contribution in [1.29, 1.82) is 0 Å². The van der Waals surface area contributed by atoms with Gasteiger partial charge in [0.05, 0.1) is 4.90 Å². The first-order chi connectivity index (χ1) is 8.41. The Balaban J connectivity index is 0.00000180. The first kappa shape index (κ1) is 16.7. The van der Waals surface area contributed by atoms with E-state index < -0.39 is 10.0 Å². The van der Waals surface area contributed by atoms with Crippen molar-refractivity contribution < 1.29 is 8.42 Å². The van der Waals surface area contributed by atoms with E-state index in [1.165, 1.54) is 10.4 Å². The number of benzene rings is 1. The second kappa shape index (κ2) is 6.41. The lowest BCUT2D eigenvalue weighted by molar-refractivity contribution is 0.310. The number of halogens is 2. The summed E-state index contributed by atoms with van der Waals surface area (Å²) in [5.74, 6) is 0. The highest BCUT2D eigenvalue weighted by Gasteiger charge is 2.29. The molecule has 1 atom stereocenters. The number of nitrogens with one attached hydrogen (secondary N) is 1. The van der Waals surface area contributed by atoms with Gasteiger partial charge >= 0.3 is 0 Å². The molecule has 7 heteroatoms. The zero-order chi connectivity index (χ0) is 13.3. The van der Waals surface area contributed by atoms with Crippen molar-refractivity contribution in [3.05, 3.63) is 28.8 Å². The van der Waals surface area contributed by atoms with E-state index in [0.717, 1.165) is 5.56 Å². The maximum absolute atomic E-state index is 12.5. The van der Waals surface area contributed by atoms with Gasteiger partial charge in [-0.25, -0.2) is 8.42 Å². The second-order valence-electron chi connectivity index (χ2n) is 4.63. The quantitative estimate of drug-likeness (QED) is 0.905. The molecule has 1 aliphatic rings. The molecule has 1 saturated heterocycles. The van der Waals surface area contributed by atoms with Crippen LogP contribution in [0.25, 0.3) is 0 Å². The Hall–Kier alpha value is -0.330. The normalized spacial score (nSPS) is 20.9. The molecule has 0 radical (unpaired) electrons. The van der Waals surface area contributed by atoms with Crippen molar-refractivity contribution in [2.75, 3.05) is 19.6 Å². The van der Waals surface area contributed by atoms with Gasteiger partial charge in [0, 0.05) is 30.7 Å². The summed E-state index contributed by atoms with van der Waals surface area (Å²) < 4.78 is 26.6. The van der Waals surface area contributed by atoms with E-state index >= 15 is 0 Å². The fourth-order valence-corrected chi connectivity index (χ4v) is 4.12. The van der Waals surface area contributed by atoms with E-state index in [2.05, 4.69) is 5.32 Å². The van der Waals surface area contributed by atoms with Gasteiger partial charge in [0.2, 0.25) is 10.0 Å². The molecule has 19 heavy (non-hydrogen) atoms. The maximum Gasteiger partial charge on any atom is 0.243 e. The second-order valence-corrected chi connectivity index (χ2v) is 6.97. The van der Waals surface area contributed by atoms with E-state index in [4.69, 9.17) is 11.6 Å². The molecule has 0 amide bonds. The van der Waals surface area contributed by atoms with Crippen LogP contribution in [0.4, 0.5) is 0 Å². The van der Waals surface area contributed by atoms with Gasteiger partial charge < -0.3 is 5.32 Å². The van der Waals surface area contributed by atoms with Crippen molar-refractivity contribution in [3.8, 4) is 0 Å². The van der Waals surface area contributed by atoms with Crippen molar-refractivity contribution >= 4 is 34.0 Å². The van der Waals surface area contributed by atoms with Gasteiger partial charge in [0.25, 0.3) is 0 Å². The zero-order valence-electron chi connectivity index (χ0n) is 10.9. The lowest BCUT2D eigenvalue weighted by atomic mass is 10.2. The van der Waals surface area contributed by atoms with Crippen LogP contribution in [0.2, 0.25) is 5.02 Å². The zero-order valence-corrected chi connectivity index (χ0v) is 13.3. The molecule has 0 saturated carbocycles. The Morgan fingerprint density at radius 1 is 1.42 bits per heavy atom. The topological polar surface area (TPSA) is 49.4 Å². The summed E-state index contributed by atoms with van der Waals surface area (Å²) in [6.45, 7) is 5.44. The molecule has 1 heterocycles. The molecule has 108 valence electrons. The van der Waals surface area contributed by atoms with Gasteiger partial charge in [-0.3, -0.25) is 0 Å². The monoisotopic (exact) mass is 324 g/mol. The van der Waals surface area contributed by atoms with Crippen LogP contribution in [0, 0.1) is 6.92 Å². The Morgan fingerprint density at radius 3 is 2.74 bits per heavy atom. The van der Waals surface area contributed by atoms with Gasteiger partial charge in [-0.2, -0.15) is 4.31 Å². The summed E-state index contributed by atoms with van der Waals surface area (Å²) in [5, 5.41) is 3.68. The third-order valence-electron chi connectivity index (χ3n) is 3.10.